The van der Waals surface area contributed by atoms with Gasteiger partial charge in [0, 0.05) is 40.8 Å². The number of primary amides is 1. The third-order valence-electron chi connectivity index (χ3n) is 11.8. The van der Waals surface area contributed by atoms with Crippen molar-refractivity contribution in [2.24, 2.45) is 5.73 Å². The van der Waals surface area contributed by atoms with Crippen LogP contribution in [0.1, 0.15) is 64.4 Å². The fourth-order valence-electron chi connectivity index (χ4n) is 7.97. The van der Waals surface area contributed by atoms with Crippen molar-refractivity contribution >= 4 is 63.9 Å². The molecule has 2 aliphatic heterocycles. The number of urea groups is 2. The quantitative estimate of drug-likeness (QED) is 0.0623. The molecule has 0 radical (unpaired) electrons. The van der Waals surface area contributed by atoms with Crippen molar-refractivity contribution < 1.29 is 19.2 Å². The van der Waals surface area contributed by atoms with Crippen LogP contribution in [0, 0.1) is 29.6 Å². The summed E-state index contributed by atoms with van der Waals surface area (Å²) in [5, 5.41) is 44.2. The van der Waals surface area contributed by atoms with Crippen molar-refractivity contribution in [3.05, 3.63) is 138 Å². The van der Waals surface area contributed by atoms with Crippen molar-refractivity contribution in [3.8, 4) is 12.1 Å². The summed E-state index contributed by atoms with van der Waals surface area (Å²) in [4.78, 5) is 56.1. The summed E-state index contributed by atoms with van der Waals surface area (Å²) in [5.41, 5.74) is 9.47. The minimum Gasteiger partial charge on any atom is -0.365 e. The molecule has 0 aliphatic carbocycles. The number of aryl methyl sites for hydroxylation is 1. The van der Waals surface area contributed by atoms with Gasteiger partial charge in [-0.25, -0.2) is 9.59 Å². The van der Waals surface area contributed by atoms with Gasteiger partial charge >= 0.3 is 12.1 Å². The number of benzene rings is 4. The van der Waals surface area contributed by atoms with Crippen molar-refractivity contribution in [1.82, 2.24) is 29.4 Å². The minimum absolute atomic E-state index is 0.0273. The number of carbonyl (C=O) groups excluding carboxylic acids is 4. The molecule has 2 saturated heterocycles. The van der Waals surface area contributed by atoms with Gasteiger partial charge in [0.05, 0.1) is 51.2 Å². The summed E-state index contributed by atoms with van der Waals surface area (Å²) in [6, 6.07) is 34.8. The number of carbonyl (C=O) groups is 4. The molecule has 2 aliphatic rings. The number of anilines is 7. The van der Waals surface area contributed by atoms with E-state index in [0.717, 1.165) is 11.1 Å². The summed E-state index contributed by atoms with van der Waals surface area (Å²) in [6.07, 6.45) is 3.14. The summed E-state index contributed by atoms with van der Waals surface area (Å²) in [5.74, 6) is -0.453. The number of amides is 6. The number of rotatable bonds is 14. The van der Waals surface area contributed by atoms with E-state index in [9.17, 15) is 29.7 Å². The number of aromatic nitrogens is 4. The molecule has 6 amide bonds. The largest absolute Gasteiger partial charge is 0.365 e. The Morgan fingerprint density at radius 2 is 1.05 bits per heavy atom. The van der Waals surface area contributed by atoms with E-state index in [-0.39, 0.29) is 73.8 Å². The highest BCUT2D eigenvalue weighted by Crippen LogP contribution is 2.37. The highest BCUT2D eigenvalue weighted by Gasteiger charge is 2.49. The Morgan fingerprint density at radius 3 is 1.53 bits per heavy atom. The predicted octanol–water partition coefficient (Wildman–Crippen LogP) is 7.66. The normalized spacial score (nSPS) is 14.5. The van der Waals surface area contributed by atoms with E-state index in [1.165, 1.54) is 10.9 Å². The first-order chi connectivity index (χ1) is 31.8. The summed E-state index contributed by atoms with van der Waals surface area (Å²) in [6.45, 7) is 6.90. The minimum atomic E-state index is -0.888. The molecular formula is C48H48N14O4. The Balaban J connectivity index is 0.959. The van der Waals surface area contributed by atoms with Gasteiger partial charge in [0.15, 0.2) is 11.6 Å². The second-order valence-corrected chi connectivity index (χ2v) is 17.0. The fraction of sp³-hybridized carbons (Fsp3) is 0.250. The molecule has 18 heteroatoms. The fourth-order valence-corrected chi connectivity index (χ4v) is 7.97. The SMILES string of the molecule is Cc1ccc(NC(=O)N2CC(CC#N)(n3cc(C(N)=O)c(Nc4ccc(NC(=O)c5cn(C6(CC#N)CN(C(=O)Nc7ccc(C(C)C)cc7)C6)nc5Nc5ccccc5)cc4)n3)C2)cc1. The number of likely N-dealkylation sites (tertiary alicyclic amines) is 2. The van der Waals surface area contributed by atoms with Crippen LogP contribution in [-0.4, -0.2) is 79.4 Å². The first-order valence-corrected chi connectivity index (χ1v) is 21.3. The molecule has 4 heterocycles. The Labute approximate surface area is 381 Å². The van der Waals surface area contributed by atoms with Crippen LogP contribution in [0.2, 0.25) is 0 Å². The molecule has 4 aromatic carbocycles. The van der Waals surface area contributed by atoms with Gasteiger partial charge in [-0.1, -0.05) is 61.9 Å². The van der Waals surface area contributed by atoms with Crippen molar-refractivity contribution in [2.75, 3.05) is 52.8 Å². The highest BCUT2D eigenvalue weighted by molar-refractivity contribution is 6.08. The van der Waals surface area contributed by atoms with Gasteiger partial charge in [0.2, 0.25) is 0 Å². The molecule has 6 aromatic rings. The molecule has 8 rings (SSSR count). The van der Waals surface area contributed by atoms with Gasteiger partial charge in [0.1, 0.15) is 22.2 Å². The van der Waals surface area contributed by atoms with E-state index in [4.69, 9.17) is 10.8 Å². The maximum absolute atomic E-state index is 14.0. The van der Waals surface area contributed by atoms with Gasteiger partial charge in [0.25, 0.3) is 11.8 Å². The second kappa shape index (κ2) is 18.2. The van der Waals surface area contributed by atoms with Gasteiger partial charge in [-0.15, -0.1) is 0 Å². The average Bonchev–Trinajstić information content (AvgIpc) is 3.90. The number of nitriles is 2. The summed E-state index contributed by atoms with van der Waals surface area (Å²) >= 11 is 0. The van der Waals surface area contributed by atoms with Crippen LogP contribution in [0.15, 0.2) is 116 Å². The van der Waals surface area contributed by atoms with Crippen molar-refractivity contribution in [1.29, 1.82) is 10.5 Å². The molecule has 0 saturated carbocycles. The van der Waals surface area contributed by atoms with Crippen LogP contribution in [0.4, 0.5) is 49.7 Å². The van der Waals surface area contributed by atoms with Crippen LogP contribution < -0.4 is 32.3 Å². The van der Waals surface area contributed by atoms with E-state index < -0.39 is 22.9 Å². The third kappa shape index (κ3) is 9.20. The van der Waals surface area contributed by atoms with E-state index >= 15 is 0 Å². The second-order valence-electron chi connectivity index (χ2n) is 17.0. The Kier molecular flexibility index (Phi) is 12.1. The zero-order valence-corrected chi connectivity index (χ0v) is 36.6. The third-order valence-corrected chi connectivity index (χ3v) is 11.8. The van der Waals surface area contributed by atoms with Crippen LogP contribution >= 0.6 is 0 Å². The molecular weight excluding hydrogens is 837 g/mol. The predicted molar refractivity (Wildman–Crippen MR) is 250 cm³/mol. The molecule has 7 N–H and O–H groups in total. The maximum Gasteiger partial charge on any atom is 0.322 e. The van der Waals surface area contributed by atoms with Crippen LogP contribution in [0.5, 0.6) is 0 Å². The number of nitrogens with one attached hydrogen (secondary N) is 5. The molecule has 2 aromatic heterocycles. The van der Waals surface area contributed by atoms with E-state index in [2.05, 4.69) is 57.7 Å². The van der Waals surface area contributed by atoms with Gasteiger partial charge in [-0.3, -0.25) is 19.0 Å². The monoisotopic (exact) mass is 884 g/mol. The zero-order valence-electron chi connectivity index (χ0n) is 36.6. The Hall–Kier alpha value is -8.64. The lowest BCUT2D eigenvalue weighted by molar-refractivity contribution is 0.0401. The molecule has 66 heavy (non-hydrogen) atoms. The van der Waals surface area contributed by atoms with Gasteiger partial charge in [-0.05, 0) is 79.1 Å². The molecule has 2 fully saturated rings. The molecule has 334 valence electrons. The Morgan fingerprint density at radius 1 is 0.621 bits per heavy atom. The first kappa shape index (κ1) is 44.0. The molecule has 0 atom stereocenters. The lowest BCUT2D eigenvalue weighted by Gasteiger charge is -2.48. The Bertz CT molecular complexity index is 2850. The molecule has 0 spiro atoms. The lowest BCUT2D eigenvalue weighted by atomic mass is 9.87. The number of para-hydroxylation sites is 1. The molecule has 0 bridgehead atoms. The van der Waals surface area contributed by atoms with Crippen molar-refractivity contribution in [3.63, 3.8) is 0 Å². The number of nitrogens with two attached hydrogens (primary N) is 1. The first-order valence-electron chi connectivity index (χ1n) is 21.3. The standard InChI is InChI=1S/C48H48N14O4/c1-31(2)33-11-15-38(16-12-33)56-46(66)60-29-48(30-60,22-24-50)62-26-40(43(58-62)52-34-7-5-4-6-8-34)44(64)54-36-19-17-35(18-20-36)53-42-39(41(51)63)25-61(57-42)47(21-23-49)27-59(28-47)45(65)55-37-13-9-32(3)10-14-37/h4-20,25-26,31H,21-22,27-30H2,1-3H3,(H2,51,63)(H,52,58)(H,53,57)(H,54,64)(H,55,65)(H,56,66). The average molecular weight is 885 g/mol. The van der Waals surface area contributed by atoms with Gasteiger partial charge < -0.3 is 42.1 Å². The van der Waals surface area contributed by atoms with Gasteiger partial charge in [-0.2, -0.15) is 20.7 Å². The summed E-state index contributed by atoms with van der Waals surface area (Å²) in [7, 11) is 0. The van der Waals surface area contributed by atoms with Crippen LogP contribution in [-0.2, 0) is 11.1 Å². The van der Waals surface area contributed by atoms with Crippen LogP contribution in [0.25, 0.3) is 0 Å². The van der Waals surface area contributed by atoms with E-state index in [1.54, 1.807) is 44.9 Å². The highest BCUT2D eigenvalue weighted by atomic mass is 16.2. The topological polar surface area (TPSA) is 244 Å². The lowest BCUT2D eigenvalue weighted by Crippen LogP contribution is -2.65. The smallest absolute Gasteiger partial charge is 0.322 e. The summed E-state index contributed by atoms with van der Waals surface area (Å²) < 4.78 is 3.12. The van der Waals surface area contributed by atoms with Crippen molar-refractivity contribution in [2.45, 2.75) is 50.6 Å². The van der Waals surface area contributed by atoms with Crippen LogP contribution in [0.3, 0.4) is 0 Å². The van der Waals surface area contributed by atoms with E-state index in [1.807, 2.05) is 85.8 Å². The molecule has 0 unspecified atom stereocenters. The number of nitrogens with zero attached hydrogens (tertiary/aromatic N) is 8. The molecule has 18 nitrogen and oxygen atoms in total. The zero-order chi connectivity index (χ0) is 46.6. The van der Waals surface area contributed by atoms with E-state index in [0.29, 0.717) is 34.4 Å². The number of hydrogen-bond donors (Lipinski definition) is 6. The number of hydrogen-bond acceptors (Lipinski definition) is 10. The maximum atomic E-state index is 14.0.